The van der Waals surface area contributed by atoms with Crippen LogP contribution in [0, 0.1) is 13.8 Å². The van der Waals surface area contributed by atoms with E-state index in [1.165, 1.54) is 4.68 Å². The van der Waals surface area contributed by atoms with Crippen molar-refractivity contribution in [3.8, 4) is 0 Å². The smallest absolute Gasteiger partial charge is 0.246 e. The van der Waals surface area contributed by atoms with Crippen LogP contribution in [-0.4, -0.2) is 58.0 Å². The molecule has 0 saturated carbocycles. The number of aliphatic hydroxyl groups excluding tert-OH is 2. The van der Waals surface area contributed by atoms with Gasteiger partial charge in [0.1, 0.15) is 4.90 Å². The predicted molar refractivity (Wildman–Crippen MR) is 63.5 cm³/mol. The van der Waals surface area contributed by atoms with Gasteiger partial charge < -0.3 is 10.2 Å². The predicted octanol–water partition coefficient (Wildman–Crippen LogP) is -1.24. The first-order chi connectivity index (χ1) is 8.25. The van der Waals surface area contributed by atoms with Crippen molar-refractivity contribution in [3.63, 3.8) is 0 Å². The number of aryl methyl sites for hydroxylation is 2. The van der Waals surface area contributed by atoms with Crippen molar-refractivity contribution in [3.05, 3.63) is 11.4 Å². The number of nitrogens with zero attached hydrogens (tertiary/aromatic N) is 3. The molecule has 1 saturated heterocycles. The maximum absolute atomic E-state index is 12.4. The zero-order chi connectivity index (χ0) is 13.7. The summed E-state index contributed by atoms with van der Waals surface area (Å²) in [5.74, 6) is 0. The van der Waals surface area contributed by atoms with Gasteiger partial charge in [-0.2, -0.15) is 9.40 Å². The van der Waals surface area contributed by atoms with Crippen molar-refractivity contribution in [1.29, 1.82) is 0 Å². The maximum Gasteiger partial charge on any atom is 0.246 e. The largest absolute Gasteiger partial charge is 0.389 e. The summed E-state index contributed by atoms with van der Waals surface area (Å²) >= 11 is 0. The fourth-order valence-electron chi connectivity index (χ4n) is 2.19. The second-order valence-corrected chi connectivity index (χ2v) is 6.46. The highest BCUT2D eigenvalue weighted by atomic mass is 32.2. The lowest BCUT2D eigenvalue weighted by molar-refractivity contribution is 0.0572. The maximum atomic E-state index is 12.4. The van der Waals surface area contributed by atoms with Crippen LogP contribution in [0.1, 0.15) is 11.4 Å². The minimum Gasteiger partial charge on any atom is -0.389 e. The molecule has 2 unspecified atom stereocenters. The van der Waals surface area contributed by atoms with Gasteiger partial charge in [0.05, 0.1) is 23.6 Å². The molecule has 2 heterocycles. The fourth-order valence-corrected chi connectivity index (χ4v) is 4.06. The van der Waals surface area contributed by atoms with Crippen LogP contribution < -0.4 is 0 Å². The number of sulfonamides is 1. The van der Waals surface area contributed by atoms with E-state index in [4.69, 9.17) is 0 Å². The number of aliphatic hydroxyl groups is 2. The number of β-amino-alcohol motifs (C(OH)–C–C–N with tert-alkyl or cyclic N) is 2. The molecular weight excluding hydrogens is 258 g/mol. The molecule has 1 aromatic rings. The number of hydrogen-bond donors (Lipinski definition) is 2. The molecular formula is C10H17N3O4S. The lowest BCUT2D eigenvalue weighted by atomic mass is 10.3. The van der Waals surface area contributed by atoms with Gasteiger partial charge in [0, 0.05) is 20.1 Å². The van der Waals surface area contributed by atoms with Gasteiger partial charge in [0.15, 0.2) is 0 Å². The van der Waals surface area contributed by atoms with Crippen LogP contribution in [0.15, 0.2) is 4.90 Å². The van der Waals surface area contributed by atoms with Gasteiger partial charge in [-0.1, -0.05) is 0 Å². The number of rotatable bonds is 2. The first-order valence-corrected chi connectivity index (χ1v) is 7.05. The molecule has 0 spiro atoms. The molecule has 2 atom stereocenters. The second kappa shape index (κ2) is 4.30. The first-order valence-electron chi connectivity index (χ1n) is 5.61. The minimum atomic E-state index is -3.72. The van der Waals surface area contributed by atoms with E-state index in [-0.39, 0.29) is 18.0 Å². The Kier molecular flexibility index (Phi) is 3.22. The Morgan fingerprint density at radius 1 is 1.22 bits per heavy atom. The first kappa shape index (κ1) is 13.5. The third-order valence-corrected chi connectivity index (χ3v) is 5.35. The van der Waals surface area contributed by atoms with Crippen molar-refractivity contribution in [1.82, 2.24) is 14.1 Å². The highest BCUT2D eigenvalue weighted by Gasteiger charge is 2.39. The standard InChI is InChI=1S/C10H17N3O4S/c1-6-10(7(2)12(3)11-6)18(16,17)13-4-8(14)9(15)5-13/h8-9,14-15H,4-5H2,1-3H3. The Balaban J connectivity index is 2.44. The summed E-state index contributed by atoms with van der Waals surface area (Å²) in [5.41, 5.74) is 0.967. The van der Waals surface area contributed by atoms with Crippen LogP contribution >= 0.6 is 0 Å². The van der Waals surface area contributed by atoms with Gasteiger partial charge in [-0.15, -0.1) is 0 Å². The Labute approximate surface area is 106 Å². The van der Waals surface area contributed by atoms with Gasteiger partial charge in [-0.3, -0.25) is 4.68 Å². The Morgan fingerprint density at radius 2 is 1.72 bits per heavy atom. The zero-order valence-electron chi connectivity index (χ0n) is 10.5. The van der Waals surface area contributed by atoms with Gasteiger partial charge in [0.2, 0.25) is 10.0 Å². The van der Waals surface area contributed by atoms with E-state index in [0.29, 0.717) is 11.4 Å². The van der Waals surface area contributed by atoms with Crippen LogP contribution in [0.5, 0.6) is 0 Å². The molecule has 2 N–H and O–H groups in total. The van der Waals surface area contributed by atoms with Gasteiger partial charge in [0.25, 0.3) is 0 Å². The molecule has 0 amide bonds. The molecule has 0 aliphatic carbocycles. The van der Waals surface area contributed by atoms with Gasteiger partial charge in [-0.05, 0) is 13.8 Å². The van der Waals surface area contributed by atoms with E-state index in [9.17, 15) is 18.6 Å². The second-order valence-electron chi connectivity index (χ2n) is 4.58. The van der Waals surface area contributed by atoms with E-state index >= 15 is 0 Å². The molecule has 1 aliphatic rings. The summed E-state index contributed by atoms with van der Waals surface area (Å²) in [4.78, 5) is 0.159. The summed E-state index contributed by atoms with van der Waals surface area (Å²) in [6.07, 6.45) is -2.06. The Hall–Kier alpha value is -0.960. The van der Waals surface area contributed by atoms with Crippen molar-refractivity contribution in [2.24, 2.45) is 7.05 Å². The molecule has 1 aromatic heterocycles. The molecule has 0 bridgehead atoms. The summed E-state index contributed by atoms with van der Waals surface area (Å²) in [7, 11) is -2.04. The summed E-state index contributed by atoms with van der Waals surface area (Å²) in [6, 6.07) is 0. The minimum absolute atomic E-state index is 0.0860. The average Bonchev–Trinajstić information content (AvgIpc) is 2.70. The monoisotopic (exact) mass is 275 g/mol. The molecule has 1 aliphatic heterocycles. The quantitative estimate of drug-likeness (QED) is 0.704. The zero-order valence-corrected chi connectivity index (χ0v) is 11.3. The van der Waals surface area contributed by atoms with Crippen molar-refractivity contribution >= 4 is 10.0 Å². The molecule has 102 valence electrons. The van der Waals surface area contributed by atoms with Gasteiger partial charge in [-0.25, -0.2) is 8.42 Å². The van der Waals surface area contributed by atoms with Crippen molar-refractivity contribution in [2.75, 3.05) is 13.1 Å². The van der Waals surface area contributed by atoms with E-state index in [2.05, 4.69) is 5.10 Å². The lowest BCUT2D eigenvalue weighted by Crippen LogP contribution is -2.30. The number of hydrogen-bond acceptors (Lipinski definition) is 5. The van der Waals surface area contributed by atoms with Crippen LogP contribution in [0.4, 0.5) is 0 Å². The molecule has 0 aromatic carbocycles. The van der Waals surface area contributed by atoms with E-state index in [1.54, 1.807) is 20.9 Å². The summed E-state index contributed by atoms with van der Waals surface area (Å²) in [5, 5.41) is 23.0. The van der Waals surface area contributed by atoms with E-state index in [0.717, 1.165) is 4.31 Å². The average molecular weight is 275 g/mol. The van der Waals surface area contributed by atoms with Crippen molar-refractivity contribution in [2.45, 2.75) is 31.0 Å². The third-order valence-electron chi connectivity index (χ3n) is 3.27. The highest BCUT2D eigenvalue weighted by molar-refractivity contribution is 7.89. The molecule has 1 fully saturated rings. The number of aromatic nitrogens is 2. The Morgan fingerprint density at radius 3 is 2.11 bits per heavy atom. The van der Waals surface area contributed by atoms with E-state index < -0.39 is 22.2 Å². The highest BCUT2D eigenvalue weighted by Crippen LogP contribution is 2.26. The van der Waals surface area contributed by atoms with Crippen LogP contribution in [0.25, 0.3) is 0 Å². The van der Waals surface area contributed by atoms with Crippen LogP contribution in [0.3, 0.4) is 0 Å². The van der Waals surface area contributed by atoms with Crippen LogP contribution in [0.2, 0.25) is 0 Å². The van der Waals surface area contributed by atoms with Crippen molar-refractivity contribution < 1.29 is 18.6 Å². The SMILES string of the molecule is Cc1nn(C)c(C)c1S(=O)(=O)N1CC(O)C(O)C1. The molecule has 18 heavy (non-hydrogen) atoms. The normalized spacial score (nSPS) is 25.8. The molecule has 2 rings (SSSR count). The molecule has 8 heteroatoms. The fraction of sp³-hybridized carbons (Fsp3) is 0.700. The summed E-state index contributed by atoms with van der Waals surface area (Å²) in [6.45, 7) is 3.13. The topological polar surface area (TPSA) is 95.7 Å². The molecule has 7 nitrogen and oxygen atoms in total. The summed E-state index contributed by atoms with van der Waals surface area (Å²) < 4.78 is 27.5. The Bertz CT molecular complexity index is 556. The van der Waals surface area contributed by atoms with Gasteiger partial charge >= 0.3 is 0 Å². The third kappa shape index (κ3) is 1.95. The molecule has 0 radical (unpaired) electrons. The van der Waals surface area contributed by atoms with E-state index in [1.807, 2.05) is 0 Å². The van der Waals surface area contributed by atoms with Crippen LogP contribution in [-0.2, 0) is 17.1 Å². The lowest BCUT2D eigenvalue weighted by Gasteiger charge is -2.15.